The summed E-state index contributed by atoms with van der Waals surface area (Å²) in [5.74, 6) is 0. The summed E-state index contributed by atoms with van der Waals surface area (Å²) in [5.41, 5.74) is 3.54. The van der Waals surface area contributed by atoms with Gasteiger partial charge in [0.1, 0.15) is 6.07 Å². The topological polar surface area (TPSA) is 49.8 Å². The first-order valence-corrected chi connectivity index (χ1v) is 3.32. The molecule has 5 heteroatoms. The van der Waals surface area contributed by atoms with Crippen molar-refractivity contribution in [2.75, 3.05) is 5.73 Å². The summed E-state index contributed by atoms with van der Waals surface area (Å²) in [6.45, 7) is 0. The van der Waals surface area contributed by atoms with Crippen molar-refractivity contribution in [1.29, 1.82) is 5.26 Å². The lowest BCUT2D eigenvalue weighted by molar-refractivity contribution is -0.137. The fourth-order valence-corrected chi connectivity index (χ4v) is 0.931. The second-order valence-electron chi connectivity index (χ2n) is 2.38. The number of hydrogen-bond acceptors (Lipinski definition) is 2. The first-order valence-electron chi connectivity index (χ1n) is 3.32. The Hall–Kier alpha value is -1.70. The van der Waals surface area contributed by atoms with Gasteiger partial charge in [-0.15, -0.1) is 0 Å². The summed E-state index contributed by atoms with van der Waals surface area (Å²) in [6, 6.07) is 4.68. The molecule has 0 aromatic heterocycles. The largest absolute Gasteiger partial charge is 0.417 e. The quantitative estimate of drug-likeness (QED) is 0.631. The highest BCUT2D eigenvalue weighted by Crippen LogP contribution is 2.33. The van der Waals surface area contributed by atoms with E-state index in [2.05, 4.69) is 0 Å². The first kappa shape index (κ1) is 9.39. The number of benzene rings is 1. The van der Waals surface area contributed by atoms with Crippen LogP contribution in [-0.2, 0) is 6.18 Å². The van der Waals surface area contributed by atoms with Crippen molar-refractivity contribution in [1.82, 2.24) is 0 Å². The maximum Gasteiger partial charge on any atom is 0.417 e. The summed E-state index contributed by atoms with van der Waals surface area (Å²) >= 11 is 0. The second kappa shape index (κ2) is 2.98. The molecule has 0 saturated carbocycles. The lowest BCUT2D eigenvalue weighted by atomic mass is 10.1. The normalized spacial score (nSPS) is 10.9. The lowest BCUT2D eigenvalue weighted by Gasteiger charge is -2.09. The molecule has 2 N–H and O–H groups in total. The molecule has 0 saturated heterocycles. The van der Waals surface area contributed by atoms with Crippen LogP contribution >= 0.6 is 0 Å². The maximum absolute atomic E-state index is 12.2. The van der Waals surface area contributed by atoms with E-state index < -0.39 is 17.3 Å². The van der Waals surface area contributed by atoms with E-state index in [4.69, 9.17) is 11.0 Å². The van der Waals surface area contributed by atoms with Gasteiger partial charge in [0.15, 0.2) is 0 Å². The van der Waals surface area contributed by atoms with Crippen molar-refractivity contribution in [2.24, 2.45) is 0 Å². The summed E-state index contributed by atoms with van der Waals surface area (Å²) in [5, 5.41) is 8.43. The Morgan fingerprint density at radius 3 is 2.31 bits per heavy atom. The van der Waals surface area contributed by atoms with E-state index >= 15 is 0 Å². The Labute approximate surface area is 72.4 Å². The third-order valence-corrected chi connectivity index (χ3v) is 1.51. The van der Waals surface area contributed by atoms with Crippen molar-refractivity contribution in [2.45, 2.75) is 6.18 Å². The molecule has 0 heterocycles. The minimum Gasteiger partial charge on any atom is -0.398 e. The zero-order valence-corrected chi connectivity index (χ0v) is 6.39. The summed E-state index contributed by atoms with van der Waals surface area (Å²) in [4.78, 5) is 0. The van der Waals surface area contributed by atoms with Crippen LogP contribution in [0.5, 0.6) is 0 Å². The summed E-state index contributed by atoms with van der Waals surface area (Å²) in [7, 11) is 0. The van der Waals surface area contributed by atoms with Gasteiger partial charge in [-0.1, -0.05) is 6.07 Å². The van der Waals surface area contributed by atoms with Crippen LogP contribution in [0, 0.1) is 11.3 Å². The zero-order valence-electron chi connectivity index (χ0n) is 6.39. The van der Waals surface area contributed by atoms with Crippen LogP contribution in [0.4, 0.5) is 18.9 Å². The number of alkyl halides is 3. The Morgan fingerprint density at radius 2 is 1.92 bits per heavy atom. The molecule has 0 aliphatic heterocycles. The SMILES string of the molecule is N#Cc1c(N)cccc1C(F)(F)F. The fourth-order valence-electron chi connectivity index (χ4n) is 0.931. The number of halogens is 3. The molecule has 0 radical (unpaired) electrons. The van der Waals surface area contributed by atoms with Crippen LogP contribution in [0.3, 0.4) is 0 Å². The maximum atomic E-state index is 12.2. The molecule has 0 amide bonds. The van der Waals surface area contributed by atoms with Crippen molar-refractivity contribution in [3.8, 4) is 6.07 Å². The summed E-state index contributed by atoms with van der Waals surface area (Å²) < 4.78 is 36.6. The monoisotopic (exact) mass is 186 g/mol. The van der Waals surface area contributed by atoms with Crippen LogP contribution in [0.1, 0.15) is 11.1 Å². The van der Waals surface area contributed by atoms with E-state index in [9.17, 15) is 13.2 Å². The van der Waals surface area contributed by atoms with E-state index in [-0.39, 0.29) is 5.69 Å². The van der Waals surface area contributed by atoms with E-state index in [0.29, 0.717) is 0 Å². The predicted octanol–water partition coefficient (Wildman–Crippen LogP) is 2.16. The average Bonchev–Trinajstić information content (AvgIpc) is 2.02. The summed E-state index contributed by atoms with van der Waals surface area (Å²) in [6.07, 6.45) is -4.53. The highest BCUT2D eigenvalue weighted by molar-refractivity contribution is 5.58. The van der Waals surface area contributed by atoms with Gasteiger partial charge in [0.05, 0.1) is 16.8 Å². The van der Waals surface area contributed by atoms with Crippen LogP contribution in [0.2, 0.25) is 0 Å². The van der Waals surface area contributed by atoms with Crippen molar-refractivity contribution < 1.29 is 13.2 Å². The molecule has 2 nitrogen and oxygen atoms in total. The van der Waals surface area contributed by atoms with Gasteiger partial charge in [-0.05, 0) is 12.1 Å². The van der Waals surface area contributed by atoms with Crippen LogP contribution in [0.15, 0.2) is 18.2 Å². The molecule has 0 spiro atoms. The third-order valence-electron chi connectivity index (χ3n) is 1.51. The van der Waals surface area contributed by atoms with Crippen molar-refractivity contribution in [3.05, 3.63) is 29.3 Å². The third kappa shape index (κ3) is 1.72. The molecule has 13 heavy (non-hydrogen) atoms. The minimum absolute atomic E-state index is 0.155. The Kier molecular flexibility index (Phi) is 2.15. The molecule has 0 atom stereocenters. The molecule has 0 bridgehead atoms. The number of anilines is 1. The van der Waals surface area contributed by atoms with Crippen molar-refractivity contribution in [3.63, 3.8) is 0 Å². The zero-order chi connectivity index (χ0) is 10.1. The lowest BCUT2D eigenvalue weighted by Crippen LogP contribution is -2.09. The highest BCUT2D eigenvalue weighted by atomic mass is 19.4. The van der Waals surface area contributed by atoms with Gasteiger partial charge in [0.25, 0.3) is 0 Å². The van der Waals surface area contributed by atoms with Gasteiger partial charge in [-0.25, -0.2) is 0 Å². The number of nitrogens with zero attached hydrogens (tertiary/aromatic N) is 1. The van der Waals surface area contributed by atoms with Gasteiger partial charge in [0.2, 0.25) is 0 Å². The molecule has 0 aliphatic carbocycles. The van der Waals surface area contributed by atoms with Gasteiger partial charge >= 0.3 is 6.18 Å². The van der Waals surface area contributed by atoms with Gasteiger partial charge in [0, 0.05) is 0 Å². The van der Waals surface area contributed by atoms with E-state index in [1.807, 2.05) is 0 Å². The Morgan fingerprint density at radius 1 is 1.31 bits per heavy atom. The number of nitrogens with two attached hydrogens (primary N) is 1. The molecular weight excluding hydrogens is 181 g/mol. The Bertz CT molecular complexity index is 363. The molecule has 68 valence electrons. The van der Waals surface area contributed by atoms with Crippen molar-refractivity contribution >= 4 is 5.69 Å². The predicted molar refractivity (Wildman–Crippen MR) is 40.6 cm³/mol. The second-order valence-corrected chi connectivity index (χ2v) is 2.38. The molecule has 0 aliphatic rings. The smallest absolute Gasteiger partial charge is 0.398 e. The number of hydrogen-bond donors (Lipinski definition) is 1. The number of nitrogen functional groups attached to an aromatic ring is 1. The van der Waals surface area contributed by atoms with Gasteiger partial charge in [-0.2, -0.15) is 18.4 Å². The standard InChI is InChI=1S/C8H5F3N2/c9-8(10,11)6-2-1-3-7(13)5(6)4-12/h1-3H,13H2. The number of rotatable bonds is 0. The van der Waals surface area contributed by atoms with Gasteiger partial charge in [-0.3, -0.25) is 0 Å². The molecular formula is C8H5F3N2. The first-order chi connectivity index (χ1) is 5.96. The molecule has 0 fully saturated rings. The molecule has 1 aromatic carbocycles. The average molecular weight is 186 g/mol. The highest BCUT2D eigenvalue weighted by Gasteiger charge is 2.34. The molecule has 0 unspecified atom stereocenters. The van der Waals surface area contributed by atoms with Gasteiger partial charge < -0.3 is 5.73 Å². The van der Waals surface area contributed by atoms with Crippen LogP contribution in [-0.4, -0.2) is 0 Å². The van der Waals surface area contributed by atoms with Crippen LogP contribution < -0.4 is 5.73 Å². The Balaban J connectivity index is 3.40. The van der Waals surface area contributed by atoms with E-state index in [1.165, 1.54) is 18.2 Å². The minimum atomic E-state index is -4.53. The molecule has 1 aromatic rings. The fraction of sp³-hybridized carbons (Fsp3) is 0.125. The van der Waals surface area contributed by atoms with E-state index in [1.54, 1.807) is 0 Å². The number of nitriles is 1. The van der Waals surface area contributed by atoms with E-state index in [0.717, 1.165) is 6.07 Å². The van der Waals surface area contributed by atoms with Crippen LogP contribution in [0.25, 0.3) is 0 Å². The molecule has 1 rings (SSSR count).